The predicted molar refractivity (Wildman–Crippen MR) is 33.7 cm³/mol. The molecule has 1 N–H and O–H groups in total. The number of rotatable bonds is 0. The predicted octanol–water partition coefficient (Wildman–Crippen LogP) is 0.926. The molecule has 2 fully saturated rings. The molecule has 0 atom stereocenters. The zero-order valence-corrected chi connectivity index (χ0v) is 5.04. The smallest absolute Gasteiger partial charge is 0.00264 e. The summed E-state index contributed by atoms with van der Waals surface area (Å²) in [7, 11) is 0. The molecule has 0 aromatic carbocycles. The van der Waals surface area contributed by atoms with Crippen molar-refractivity contribution in [3.05, 3.63) is 12.2 Å². The first-order valence-corrected chi connectivity index (χ1v) is 3.18. The van der Waals surface area contributed by atoms with Crippen molar-refractivity contribution in [1.82, 2.24) is 5.32 Å². The van der Waals surface area contributed by atoms with Crippen LogP contribution in [0.15, 0.2) is 12.2 Å². The molecule has 0 amide bonds. The van der Waals surface area contributed by atoms with Gasteiger partial charge in [0.25, 0.3) is 0 Å². The first-order chi connectivity index (χ1) is 3.81. The number of nitrogens with one attached hydrogen (secondary N) is 1. The molecule has 1 saturated heterocycles. The summed E-state index contributed by atoms with van der Waals surface area (Å²) >= 11 is 0. The van der Waals surface area contributed by atoms with E-state index in [1.165, 1.54) is 31.5 Å². The minimum absolute atomic E-state index is 0.705. The lowest BCUT2D eigenvalue weighted by molar-refractivity contribution is 0.113. The van der Waals surface area contributed by atoms with Gasteiger partial charge in [0, 0.05) is 18.5 Å². The van der Waals surface area contributed by atoms with Crippen LogP contribution in [0.1, 0.15) is 12.8 Å². The van der Waals surface area contributed by atoms with Crippen molar-refractivity contribution in [3.63, 3.8) is 0 Å². The van der Waals surface area contributed by atoms with E-state index in [1.54, 1.807) is 0 Å². The van der Waals surface area contributed by atoms with Crippen molar-refractivity contribution < 1.29 is 0 Å². The Labute approximate surface area is 49.8 Å². The molecule has 1 heteroatoms. The second-order valence-corrected chi connectivity index (χ2v) is 3.21. The van der Waals surface area contributed by atoms with E-state index in [0.717, 1.165) is 0 Å². The maximum absolute atomic E-state index is 3.91. The van der Waals surface area contributed by atoms with Crippen LogP contribution >= 0.6 is 0 Å². The quantitative estimate of drug-likeness (QED) is 0.456. The third-order valence-corrected chi connectivity index (χ3v) is 2.25. The average molecular weight is 109 g/mol. The van der Waals surface area contributed by atoms with Crippen LogP contribution < -0.4 is 5.32 Å². The highest BCUT2D eigenvalue weighted by Gasteiger charge is 2.44. The molecule has 0 aromatic rings. The van der Waals surface area contributed by atoms with Crippen molar-refractivity contribution >= 4 is 0 Å². The lowest BCUT2D eigenvalue weighted by Crippen LogP contribution is -2.57. The minimum Gasteiger partial charge on any atom is -0.315 e. The third-order valence-electron chi connectivity index (χ3n) is 2.25. The van der Waals surface area contributed by atoms with E-state index >= 15 is 0 Å². The highest BCUT2D eigenvalue weighted by molar-refractivity contribution is 5.19. The molecule has 1 aliphatic heterocycles. The lowest BCUT2D eigenvalue weighted by Gasteiger charge is -2.51. The maximum Gasteiger partial charge on any atom is 0.00264 e. The van der Waals surface area contributed by atoms with E-state index in [4.69, 9.17) is 0 Å². The molecule has 0 aromatic heterocycles. The zero-order chi connectivity index (χ0) is 5.61. The fraction of sp³-hybridized carbons (Fsp3) is 0.714. The summed E-state index contributed by atoms with van der Waals surface area (Å²) < 4.78 is 0. The van der Waals surface area contributed by atoms with Gasteiger partial charge in [0.05, 0.1) is 0 Å². The molecular formula is C7H11N. The van der Waals surface area contributed by atoms with Gasteiger partial charge in [-0.1, -0.05) is 12.2 Å². The van der Waals surface area contributed by atoms with E-state index in [0.29, 0.717) is 5.41 Å². The Morgan fingerprint density at radius 1 is 1.38 bits per heavy atom. The number of allylic oxidation sites excluding steroid dienone is 1. The zero-order valence-electron chi connectivity index (χ0n) is 5.04. The molecule has 0 bridgehead atoms. The van der Waals surface area contributed by atoms with Gasteiger partial charge in [-0.3, -0.25) is 0 Å². The van der Waals surface area contributed by atoms with Gasteiger partial charge in [-0.05, 0) is 12.8 Å². The summed E-state index contributed by atoms with van der Waals surface area (Å²) in [6, 6.07) is 0. The molecule has 2 rings (SSSR count). The van der Waals surface area contributed by atoms with Gasteiger partial charge in [0.15, 0.2) is 0 Å². The van der Waals surface area contributed by atoms with Crippen LogP contribution in [0.3, 0.4) is 0 Å². The Balaban J connectivity index is 2.01. The second kappa shape index (κ2) is 1.16. The molecule has 1 aliphatic carbocycles. The van der Waals surface area contributed by atoms with Gasteiger partial charge >= 0.3 is 0 Å². The summed E-state index contributed by atoms with van der Waals surface area (Å²) in [6.07, 6.45) is 2.58. The fourth-order valence-electron chi connectivity index (χ4n) is 1.74. The van der Waals surface area contributed by atoms with Crippen LogP contribution in [0.25, 0.3) is 0 Å². The Morgan fingerprint density at radius 3 is 2.12 bits per heavy atom. The van der Waals surface area contributed by atoms with Crippen LogP contribution in [-0.4, -0.2) is 13.1 Å². The first kappa shape index (κ1) is 4.57. The summed E-state index contributed by atoms with van der Waals surface area (Å²) in [5.74, 6) is 0. The molecule has 8 heavy (non-hydrogen) atoms. The molecule has 0 radical (unpaired) electrons. The fourth-order valence-corrected chi connectivity index (χ4v) is 1.74. The summed E-state index contributed by atoms with van der Waals surface area (Å²) in [5, 5.41) is 3.28. The van der Waals surface area contributed by atoms with E-state index in [2.05, 4.69) is 11.9 Å². The molecule has 1 nitrogen and oxygen atoms in total. The van der Waals surface area contributed by atoms with Crippen LogP contribution in [0, 0.1) is 5.41 Å². The molecule has 1 heterocycles. The minimum atomic E-state index is 0.705. The maximum atomic E-state index is 3.91. The van der Waals surface area contributed by atoms with Crippen molar-refractivity contribution in [2.24, 2.45) is 5.41 Å². The number of hydrogen-bond donors (Lipinski definition) is 1. The summed E-state index contributed by atoms with van der Waals surface area (Å²) in [5.41, 5.74) is 2.16. The lowest BCUT2D eigenvalue weighted by atomic mass is 9.62. The largest absolute Gasteiger partial charge is 0.315 e. The Kier molecular flexibility index (Phi) is 0.662. The second-order valence-electron chi connectivity index (χ2n) is 3.21. The Bertz CT molecular complexity index is 123. The summed E-state index contributed by atoms with van der Waals surface area (Å²) in [4.78, 5) is 0. The van der Waals surface area contributed by atoms with Crippen LogP contribution in [0.5, 0.6) is 0 Å². The van der Waals surface area contributed by atoms with Crippen LogP contribution in [-0.2, 0) is 0 Å². The molecule has 2 aliphatic rings. The third kappa shape index (κ3) is 0.402. The molecular weight excluding hydrogens is 98.1 g/mol. The molecule has 0 unspecified atom stereocenters. The Hall–Kier alpha value is -0.300. The van der Waals surface area contributed by atoms with E-state index in [1.807, 2.05) is 0 Å². The topological polar surface area (TPSA) is 12.0 Å². The number of hydrogen-bond acceptors (Lipinski definition) is 1. The van der Waals surface area contributed by atoms with Crippen molar-refractivity contribution in [2.45, 2.75) is 12.8 Å². The van der Waals surface area contributed by atoms with Gasteiger partial charge in [0.1, 0.15) is 0 Å². The Morgan fingerprint density at radius 2 is 2.00 bits per heavy atom. The average Bonchev–Trinajstić information content (AvgIpc) is 1.51. The van der Waals surface area contributed by atoms with E-state index < -0.39 is 0 Å². The van der Waals surface area contributed by atoms with E-state index in [-0.39, 0.29) is 0 Å². The molecule has 1 spiro atoms. The van der Waals surface area contributed by atoms with Gasteiger partial charge < -0.3 is 5.32 Å². The van der Waals surface area contributed by atoms with Crippen molar-refractivity contribution in [1.29, 1.82) is 0 Å². The molecule has 1 saturated carbocycles. The van der Waals surface area contributed by atoms with Gasteiger partial charge in [-0.25, -0.2) is 0 Å². The van der Waals surface area contributed by atoms with Crippen molar-refractivity contribution in [2.75, 3.05) is 13.1 Å². The monoisotopic (exact) mass is 109 g/mol. The standard InChI is InChI=1S/C7H11N/c1-6-2-7(3-6)4-8-5-7/h8H,1-5H2. The van der Waals surface area contributed by atoms with Crippen molar-refractivity contribution in [3.8, 4) is 0 Å². The molecule has 44 valence electrons. The first-order valence-electron chi connectivity index (χ1n) is 3.18. The van der Waals surface area contributed by atoms with Crippen LogP contribution in [0.2, 0.25) is 0 Å². The normalized spacial score (nSPS) is 31.8. The van der Waals surface area contributed by atoms with E-state index in [9.17, 15) is 0 Å². The van der Waals surface area contributed by atoms with Crippen LogP contribution in [0.4, 0.5) is 0 Å². The van der Waals surface area contributed by atoms with Gasteiger partial charge in [-0.15, -0.1) is 0 Å². The highest BCUT2D eigenvalue weighted by Crippen LogP contribution is 2.46. The van der Waals surface area contributed by atoms with Gasteiger partial charge in [-0.2, -0.15) is 0 Å². The SMILES string of the molecule is C=C1CC2(CNC2)C1. The highest BCUT2D eigenvalue weighted by atomic mass is 15.0. The van der Waals surface area contributed by atoms with Gasteiger partial charge in [0.2, 0.25) is 0 Å². The summed E-state index contributed by atoms with van der Waals surface area (Å²) in [6.45, 7) is 6.39.